The molecule has 2 nitrogen and oxygen atoms in total. The van der Waals surface area contributed by atoms with E-state index in [9.17, 15) is 4.79 Å². The molecule has 1 aliphatic carbocycles. The SMILES string of the molecule is CC(CN1CCCC1)C(=O)c1cccc(C2=CCCCC2)c1. The molecular weight excluding hydrogens is 270 g/mol. The molecule has 1 saturated heterocycles. The fourth-order valence-electron chi connectivity index (χ4n) is 3.69. The number of rotatable bonds is 5. The van der Waals surface area contributed by atoms with Crippen LogP contribution in [-0.4, -0.2) is 30.3 Å². The Morgan fingerprint density at radius 3 is 2.73 bits per heavy atom. The van der Waals surface area contributed by atoms with E-state index in [1.54, 1.807) is 0 Å². The zero-order valence-electron chi connectivity index (χ0n) is 13.7. The molecule has 2 heteroatoms. The van der Waals surface area contributed by atoms with Crippen LogP contribution in [0.1, 0.15) is 61.4 Å². The van der Waals surface area contributed by atoms with Gasteiger partial charge >= 0.3 is 0 Å². The van der Waals surface area contributed by atoms with Gasteiger partial charge in [-0.3, -0.25) is 4.79 Å². The van der Waals surface area contributed by atoms with Crippen molar-refractivity contribution in [1.29, 1.82) is 0 Å². The summed E-state index contributed by atoms with van der Waals surface area (Å²) in [5, 5.41) is 0. The van der Waals surface area contributed by atoms with E-state index in [-0.39, 0.29) is 5.92 Å². The van der Waals surface area contributed by atoms with Gasteiger partial charge in [0, 0.05) is 18.0 Å². The number of allylic oxidation sites excluding steroid dienone is 2. The van der Waals surface area contributed by atoms with E-state index in [4.69, 9.17) is 0 Å². The molecule has 1 aliphatic heterocycles. The largest absolute Gasteiger partial charge is 0.303 e. The van der Waals surface area contributed by atoms with Crippen molar-refractivity contribution in [3.8, 4) is 0 Å². The van der Waals surface area contributed by atoms with E-state index in [0.717, 1.165) is 31.6 Å². The Kier molecular flexibility index (Phi) is 5.09. The summed E-state index contributed by atoms with van der Waals surface area (Å²) >= 11 is 0. The standard InChI is InChI=1S/C20H27NO/c1-16(15-21-12-5-6-13-21)20(22)19-11-7-10-18(14-19)17-8-3-2-4-9-17/h7-8,10-11,14,16H,2-6,9,12-13,15H2,1H3. The molecule has 0 amide bonds. The normalized spacial score (nSPS) is 20.7. The molecular formula is C20H27NO. The third kappa shape index (κ3) is 3.67. The third-order valence-electron chi connectivity index (χ3n) is 4.99. The summed E-state index contributed by atoms with van der Waals surface area (Å²) in [6.07, 6.45) is 9.82. The molecule has 0 aromatic heterocycles. The number of benzene rings is 1. The maximum absolute atomic E-state index is 12.7. The summed E-state index contributed by atoms with van der Waals surface area (Å²) in [5.74, 6) is 0.388. The van der Waals surface area contributed by atoms with Crippen LogP contribution < -0.4 is 0 Å². The summed E-state index contributed by atoms with van der Waals surface area (Å²) in [6.45, 7) is 5.30. The molecule has 1 unspecified atom stereocenters. The molecule has 1 fully saturated rings. The van der Waals surface area contributed by atoms with E-state index in [1.807, 2.05) is 12.1 Å². The number of carbonyl (C=O) groups is 1. The third-order valence-corrected chi connectivity index (χ3v) is 4.99. The van der Waals surface area contributed by atoms with Crippen molar-refractivity contribution in [2.45, 2.75) is 45.4 Å². The lowest BCUT2D eigenvalue weighted by molar-refractivity contribution is 0.0903. The van der Waals surface area contributed by atoms with E-state index >= 15 is 0 Å². The second kappa shape index (κ2) is 7.23. The number of Topliss-reactive ketones (excluding diaryl/α,β-unsaturated/α-hetero) is 1. The van der Waals surface area contributed by atoms with E-state index in [1.165, 1.54) is 43.2 Å². The molecule has 0 radical (unpaired) electrons. The van der Waals surface area contributed by atoms with Gasteiger partial charge in [-0.05, 0) is 68.8 Å². The Hall–Kier alpha value is -1.41. The lowest BCUT2D eigenvalue weighted by atomic mass is 9.91. The summed E-state index contributed by atoms with van der Waals surface area (Å²) in [7, 11) is 0. The number of likely N-dealkylation sites (tertiary alicyclic amines) is 1. The van der Waals surface area contributed by atoms with Crippen molar-refractivity contribution in [2.75, 3.05) is 19.6 Å². The lowest BCUT2D eigenvalue weighted by Gasteiger charge is -2.20. The molecule has 0 N–H and O–H groups in total. The highest BCUT2D eigenvalue weighted by Gasteiger charge is 2.21. The lowest BCUT2D eigenvalue weighted by Crippen LogP contribution is -2.29. The van der Waals surface area contributed by atoms with Crippen molar-refractivity contribution in [1.82, 2.24) is 4.90 Å². The Balaban J connectivity index is 1.70. The minimum absolute atomic E-state index is 0.0914. The number of ketones is 1. The van der Waals surface area contributed by atoms with Gasteiger partial charge in [0.25, 0.3) is 0 Å². The first-order valence-corrected chi connectivity index (χ1v) is 8.80. The van der Waals surface area contributed by atoms with Crippen LogP contribution in [-0.2, 0) is 0 Å². The maximum Gasteiger partial charge on any atom is 0.166 e. The predicted octanol–water partition coefficient (Wildman–Crippen LogP) is 4.56. The van der Waals surface area contributed by atoms with Gasteiger partial charge in [-0.1, -0.05) is 31.2 Å². The number of carbonyl (C=O) groups excluding carboxylic acids is 1. The minimum Gasteiger partial charge on any atom is -0.303 e. The molecule has 1 aromatic rings. The van der Waals surface area contributed by atoms with Crippen LogP contribution in [0.4, 0.5) is 0 Å². The molecule has 118 valence electrons. The van der Waals surface area contributed by atoms with Crippen molar-refractivity contribution in [3.05, 3.63) is 41.5 Å². The minimum atomic E-state index is 0.0914. The molecule has 22 heavy (non-hydrogen) atoms. The summed E-state index contributed by atoms with van der Waals surface area (Å²) in [5.41, 5.74) is 3.56. The molecule has 3 rings (SSSR count). The highest BCUT2D eigenvalue weighted by molar-refractivity contribution is 5.98. The predicted molar refractivity (Wildman–Crippen MR) is 92.1 cm³/mol. The van der Waals surface area contributed by atoms with Gasteiger partial charge < -0.3 is 4.90 Å². The monoisotopic (exact) mass is 297 g/mol. The molecule has 1 aromatic carbocycles. The zero-order valence-corrected chi connectivity index (χ0v) is 13.7. The second-order valence-corrected chi connectivity index (χ2v) is 6.83. The fourth-order valence-corrected chi connectivity index (χ4v) is 3.69. The molecule has 0 bridgehead atoms. The first kappa shape index (κ1) is 15.5. The topological polar surface area (TPSA) is 20.3 Å². The van der Waals surface area contributed by atoms with Gasteiger partial charge in [0.2, 0.25) is 0 Å². The Labute approximate surface area is 134 Å². The van der Waals surface area contributed by atoms with Gasteiger partial charge in [-0.25, -0.2) is 0 Å². The number of nitrogens with zero attached hydrogens (tertiary/aromatic N) is 1. The fraction of sp³-hybridized carbons (Fsp3) is 0.550. The first-order valence-electron chi connectivity index (χ1n) is 8.80. The smallest absolute Gasteiger partial charge is 0.166 e. The Bertz CT molecular complexity index is 555. The van der Waals surface area contributed by atoms with Gasteiger partial charge in [0.05, 0.1) is 0 Å². The van der Waals surface area contributed by atoms with Crippen LogP contribution in [0.5, 0.6) is 0 Å². The van der Waals surface area contributed by atoms with E-state index in [0.29, 0.717) is 5.78 Å². The number of hydrogen-bond donors (Lipinski definition) is 0. The first-order chi connectivity index (χ1) is 10.7. The maximum atomic E-state index is 12.7. The van der Waals surface area contributed by atoms with Crippen molar-refractivity contribution in [3.63, 3.8) is 0 Å². The van der Waals surface area contributed by atoms with Crippen LogP contribution in [0, 0.1) is 5.92 Å². The quantitative estimate of drug-likeness (QED) is 0.743. The van der Waals surface area contributed by atoms with Crippen molar-refractivity contribution < 1.29 is 4.79 Å². The van der Waals surface area contributed by atoms with E-state index < -0.39 is 0 Å². The van der Waals surface area contributed by atoms with Crippen LogP contribution in [0.15, 0.2) is 30.3 Å². The summed E-state index contributed by atoms with van der Waals surface area (Å²) in [6, 6.07) is 8.29. The van der Waals surface area contributed by atoms with Gasteiger partial charge in [0.15, 0.2) is 5.78 Å². The van der Waals surface area contributed by atoms with Crippen LogP contribution in [0.25, 0.3) is 5.57 Å². The number of hydrogen-bond acceptors (Lipinski definition) is 2. The summed E-state index contributed by atoms with van der Waals surface area (Å²) in [4.78, 5) is 15.1. The van der Waals surface area contributed by atoms with Gasteiger partial charge in [0.1, 0.15) is 0 Å². The molecule has 1 heterocycles. The average molecular weight is 297 g/mol. The van der Waals surface area contributed by atoms with Crippen molar-refractivity contribution >= 4 is 11.4 Å². The second-order valence-electron chi connectivity index (χ2n) is 6.83. The highest BCUT2D eigenvalue weighted by atomic mass is 16.1. The Morgan fingerprint density at radius 1 is 1.18 bits per heavy atom. The molecule has 1 atom stereocenters. The summed E-state index contributed by atoms with van der Waals surface area (Å²) < 4.78 is 0. The van der Waals surface area contributed by atoms with Gasteiger partial charge in [-0.2, -0.15) is 0 Å². The van der Waals surface area contributed by atoms with Crippen LogP contribution in [0.3, 0.4) is 0 Å². The van der Waals surface area contributed by atoms with Gasteiger partial charge in [-0.15, -0.1) is 0 Å². The van der Waals surface area contributed by atoms with Crippen LogP contribution in [0.2, 0.25) is 0 Å². The molecule has 2 aliphatic rings. The molecule has 0 saturated carbocycles. The molecule has 0 spiro atoms. The average Bonchev–Trinajstić information content (AvgIpc) is 3.08. The van der Waals surface area contributed by atoms with Crippen LogP contribution >= 0.6 is 0 Å². The van der Waals surface area contributed by atoms with E-state index in [2.05, 4.69) is 30.0 Å². The zero-order chi connectivity index (χ0) is 15.4. The Morgan fingerprint density at radius 2 is 2.00 bits per heavy atom. The highest BCUT2D eigenvalue weighted by Crippen LogP contribution is 2.27. The van der Waals surface area contributed by atoms with Crippen molar-refractivity contribution in [2.24, 2.45) is 5.92 Å².